The molecule has 1 N–H and O–H groups in total. The summed E-state index contributed by atoms with van der Waals surface area (Å²) in [6, 6.07) is 0. The molecule has 1 unspecified atom stereocenters. The monoisotopic (exact) mass is 283 g/mol. The van der Waals surface area contributed by atoms with Crippen LogP contribution in [0.2, 0.25) is 0 Å². The van der Waals surface area contributed by atoms with Gasteiger partial charge in [0.1, 0.15) is 5.00 Å². The molecule has 1 aliphatic rings. The highest BCUT2D eigenvalue weighted by molar-refractivity contribution is 7.15. The summed E-state index contributed by atoms with van der Waals surface area (Å²) in [6.45, 7) is 3.38. The number of nitrogens with one attached hydrogen (secondary N) is 1. The molecule has 1 saturated heterocycles. The number of ether oxygens (including phenoxy) is 1. The van der Waals surface area contributed by atoms with Crippen LogP contribution in [0.5, 0.6) is 0 Å². The summed E-state index contributed by atoms with van der Waals surface area (Å²) in [5.41, 5.74) is 0. The van der Waals surface area contributed by atoms with Crippen LogP contribution in [-0.2, 0) is 14.3 Å². The number of carbonyl (C=O) groups is 2. The van der Waals surface area contributed by atoms with Crippen LogP contribution in [0.1, 0.15) is 11.4 Å². The molecule has 1 aromatic heterocycles. The smallest absolute Gasteiger partial charge is 0.230 e. The summed E-state index contributed by atoms with van der Waals surface area (Å²) < 4.78 is 4.95. The van der Waals surface area contributed by atoms with E-state index >= 15 is 0 Å². The zero-order valence-corrected chi connectivity index (χ0v) is 11.8. The highest BCUT2D eigenvalue weighted by Gasteiger charge is 2.34. The topological polar surface area (TPSA) is 71.5 Å². The number of hydrogen-bond donors (Lipinski definition) is 1. The highest BCUT2D eigenvalue weighted by Crippen LogP contribution is 2.22. The van der Waals surface area contributed by atoms with Gasteiger partial charge < -0.3 is 15.0 Å². The van der Waals surface area contributed by atoms with Crippen LogP contribution in [-0.4, -0.2) is 48.5 Å². The summed E-state index contributed by atoms with van der Waals surface area (Å²) >= 11 is 1.43. The fraction of sp³-hybridized carbons (Fsp3) is 0.583. The van der Waals surface area contributed by atoms with Crippen LogP contribution < -0.4 is 5.32 Å². The maximum atomic E-state index is 12.0. The first-order valence-electron chi connectivity index (χ1n) is 6.10. The van der Waals surface area contributed by atoms with Crippen molar-refractivity contribution in [3.8, 4) is 0 Å². The Morgan fingerprint density at radius 2 is 2.47 bits per heavy atom. The summed E-state index contributed by atoms with van der Waals surface area (Å²) in [4.78, 5) is 29.5. The maximum Gasteiger partial charge on any atom is 0.230 e. The standard InChI is InChI=1S/C12H17N3O3S/c1-8-13-6-10(19-8)14-12(17)9-5-11(16)15(7-9)3-4-18-2/h6,9H,3-5,7H2,1-2H3,(H,14,17). The molecule has 0 aromatic carbocycles. The second-order valence-electron chi connectivity index (χ2n) is 4.47. The van der Waals surface area contributed by atoms with Gasteiger partial charge >= 0.3 is 0 Å². The number of hydrogen-bond acceptors (Lipinski definition) is 5. The fourth-order valence-electron chi connectivity index (χ4n) is 2.01. The maximum absolute atomic E-state index is 12.0. The summed E-state index contributed by atoms with van der Waals surface area (Å²) in [7, 11) is 1.59. The lowest BCUT2D eigenvalue weighted by molar-refractivity contribution is -0.128. The Balaban J connectivity index is 1.89. The van der Waals surface area contributed by atoms with Crippen molar-refractivity contribution in [2.75, 3.05) is 32.1 Å². The van der Waals surface area contributed by atoms with Gasteiger partial charge in [0, 0.05) is 26.6 Å². The van der Waals surface area contributed by atoms with E-state index in [-0.39, 0.29) is 24.2 Å². The van der Waals surface area contributed by atoms with Crippen molar-refractivity contribution in [1.29, 1.82) is 0 Å². The molecular formula is C12H17N3O3S. The predicted octanol–water partition coefficient (Wildman–Crippen LogP) is 0.885. The number of anilines is 1. The molecule has 6 nitrogen and oxygen atoms in total. The van der Waals surface area contributed by atoms with Gasteiger partial charge in [0.05, 0.1) is 23.7 Å². The van der Waals surface area contributed by atoms with Crippen molar-refractivity contribution in [2.45, 2.75) is 13.3 Å². The van der Waals surface area contributed by atoms with Crippen molar-refractivity contribution in [1.82, 2.24) is 9.88 Å². The molecule has 1 atom stereocenters. The Labute approximate surface area is 115 Å². The van der Waals surface area contributed by atoms with Crippen LogP contribution in [0.25, 0.3) is 0 Å². The molecule has 0 radical (unpaired) electrons. The third-order valence-electron chi connectivity index (χ3n) is 3.02. The van der Waals surface area contributed by atoms with Gasteiger partial charge in [-0.3, -0.25) is 9.59 Å². The minimum Gasteiger partial charge on any atom is -0.383 e. The van der Waals surface area contributed by atoms with Gasteiger partial charge in [-0.15, -0.1) is 11.3 Å². The molecule has 1 fully saturated rings. The van der Waals surface area contributed by atoms with Crippen LogP contribution in [0.15, 0.2) is 6.20 Å². The first kappa shape index (κ1) is 14.0. The number of rotatable bonds is 5. The molecule has 1 aromatic rings. The molecule has 104 valence electrons. The predicted molar refractivity (Wildman–Crippen MR) is 72.0 cm³/mol. The molecule has 0 aliphatic carbocycles. The molecule has 0 spiro atoms. The number of nitrogens with zero attached hydrogens (tertiary/aromatic N) is 2. The average Bonchev–Trinajstić information content (AvgIpc) is 2.93. The van der Waals surface area contributed by atoms with Gasteiger partial charge in [0.25, 0.3) is 0 Å². The van der Waals surface area contributed by atoms with E-state index in [4.69, 9.17) is 4.74 Å². The van der Waals surface area contributed by atoms with E-state index in [2.05, 4.69) is 10.3 Å². The number of likely N-dealkylation sites (tertiary alicyclic amines) is 1. The Kier molecular flexibility index (Phi) is 4.49. The summed E-state index contributed by atoms with van der Waals surface area (Å²) in [5.74, 6) is -0.388. The van der Waals surface area contributed by atoms with E-state index < -0.39 is 0 Å². The third kappa shape index (κ3) is 3.51. The van der Waals surface area contributed by atoms with Crippen molar-refractivity contribution >= 4 is 28.2 Å². The number of aryl methyl sites for hydroxylation is 1. The molecule has 0 saturated carbocycles. The number of aromatic nitrogens is 1. The lowest BCUT2D eigenvalue weighted by Crippen LogP contribution is -2.30. The Morgan fingerprint density at radius 1 is 1.68 bits per heavy atom. The zero-order valence-electron chi connectivity index (χ0n) is 11.0. The molecular weight excluding hydrogens is 266 g/mol. The first-order valence-corrected chi connectivity index (χ1v) is 6.92. The number of carbonyl (C=O) groups excluding carboxylic acids is 2. The normalized spacial score (nSPS) is 18.9. The van der Waals surface area contributed by atoms with E-state index in [1.165, 1.54) is 11.3 Å². The Bertz CT molecular complexity index is 475. The highest BCUT2D eigenvalue weighted by atomic mass is 32.1. The molecule has 7 heteroatoms. The van der Waals surface area contributed by atoms with Gasteiger partial charge in [0.2, 0.25) is 11.8 Å². The van der Waals surface area contributed by atoms with Crippen LogP contribution in [0.3, 0.4) is 0 Å². The van der Waals surface area contributed by atoms with Crippen LogP contribution in [0, 0.1) is 12.8 Å². The fourth-order valence-corrected chi connectivity index (χ4v) is 2.69. The number of amides is 2. The molecule has 0 bridgehead atoms. The average molecular weight is 283 g/mol. The van der Waals surface area contributed by atoms with Crippen molar-refractivity contribution in [3.63, 3.8) is 0 Å². The quantitative estimate of drug-likeness (QED) is 0.871. The number of methoxy groups -OCH3 is 1. The van der Waals surface area contributed by atoms with Crippen molar-refractivity contribution < 1.29 is 14.3 Å². The molecule has 2 amide bonds. The second kappa shape index (κ2) is 6.12. The minimum atomic E-state index is -0.285. The van der Waals surface area contributed by atoms with Crippen LogP contribution in [0.4, 0.5) is 5.00 Å². The minimum absolute atomic E-state index is 0.0117. The molecule has 2 rings (SSSR count). The van der Waals surface area contributed by atoms with Crippen LogP contribution >= 0.6 is 11.3 Å². The second-order valence-corrected chi connectivity index (χ2v) is 5.70. The molecule has 1 aliphatic heterocycles. The summed E-state index contributed by atoms with van der Waals surface area (Å²) in [5, 5.41) is 4.44. The van der Waals surface area contributed by atoms with E-state index in [9.17, 15) is 9.59 Å². The van der Waals surface area contributed by atoms with E-state index in [0.29, 0.717) is 19.7 Å². The van der Waals surface area contributed by atoms with Gasteiger partial charge in [0.15, 0.2) is 0 Å². The van der Waals surface area contributed by atoms with Gasteiger partial charge in [-0.05, 0) is 6.92 Å². The third-order valence-corrected chi connectivity index (χ3v) is 3.85. The SMILES string of the molecule is COCCN1CC(C(=O)Nc2cnc(C)s2)CC1=O. The molecule has 19 heavy (non-hydrogen) atoms. The Morgan fingerprint density at radius 3 is 3.11 bits per heavy atom. The first-order chi connectivity index (χ1) is 9.10. The number of thiazole rings is 1. The van der Waals surface area contributed by atoms with E-state index in [1.54, 1.807) is 18.2 Å². The lowest BCUT2D eigenvalue weighted by atomic mass is 10.1. The van der Waals surface area contributed by atoms with Crippen molar-refractivity contribution in [2.24, 2.45) is 5.92 Å². The van der Waals surface area contributed by atoms with E-state index in [0.717, 1.165) is 10.0 Å². The van der Waals surface area contributed by atoms with Gasteiger partial charge in [-0.25, -0.2) is 4.98 Å². The van der Waals surface area contributed by atoms with Crippen molar-refractivity contribution in [3.05, 3.63) is 11.2 Å². The molecule has 2 heterocycles. The summed E-state index contributed by atoms with van der Waals surface area (Å²) in [6.07, 6.45) is 1.91. The lowest BCUT2D eigenvalue weighted by Gasteiger charge is -2.15. The Hall–Kier alpha value is -1.47. The largest absolute Gasteiger partial charge is 0.383 e. The zero-order chi connectivity index (χ0) is 13.8. The van der Waals surface area contributed by atoms with Gasteiger partial charge in [-0.1, -0.05) is 0 Å². The van der Waals surface area contributed by atoms with E-state index in [1.807, 2.05) is 6.92 Å². The van der Waals surface area contributed by atoms with Gasteiger partial charge in [-0.2, -0.15) is 0 Å².